The molecule has 0 aliphatic heterocycles. The van der Waals surface area contributed by atoms with Gasteiger partial charge >= 0.3 is 0 Å². The van der Waals surface area contributed by atoms with Gasteiger partial charge < -0.3 is 5.32 Å². The third-order valence-corrected chi connectivity index (χ3v) is 6.45. The molecule has 0 spiro atoms. The fraction of sp³-hybridized carbons (Fsp3) is 0.435. The SMILES string of the molecule is CC(=O)NNC(=O)c1c(NC(=O)c2ccc(C(C)(C)C)cc2)sc2c1CCCCC2. The second-order valence-corrected chi connectivity index (χ2v) is 9.79. The summed E-state index contributed by atoms with van der Waals surface area (Å²) in [6.07, 6.45) is 4.89. The second-order valence-electron chi connectivity index (χ2n) is 8.69. The van der Waals surface area contributed by atoms with Crippen LogP contribution in [0.2, 0.25) is 0 Å². The lowest BCUT2D eigenvalue weighted by Crippen LogP contribution is -2.40. The van der Waals surface area contributed by atoms with Crippen LogP contribution in [-0.4, -0.2) is 17.7 Å². The molecule has 1 aliphatic rings. The standard InChI is InChI=1S/C23H29N3O3S/c1-14(27)25-26-21(29)19-17-8-6-5-7-9-18(17)30-22(19)24-20(28)15-10-12-16(13-11-15)23(2,3)4/h10-13H,5-9H2,1-4H3,(H,24,28)(H,25,27)(H,26,29). The molecule has 3 amide bonds. The lowest BCUT2D eigenvalue weighted by molar-refractivity contribution is -0.119. The van der Waals surface area contributed by atoms with Gasteiger partial charge in [0, 0.05) is 17.4 Å². The summed E-state index contributed by atoms with van der Waals surface area (Å²) >= 11 is 1.46. The molecule has 1 heterocycles. The highest BCUT2D eigenvalue weighted by Gasteiger charge is 2.26. The third-order valence-electron chi connectivity index (χ3n) is 5.24. The summed E-state index contributed by atoms with van der Waals surface area (Å²) in [5.74, 6) is -1.00. The van der Waals surface area contributed by atoms with E-state index in [2.05, 4.69) is 36.9 Å². The summed E-state index contributed by atoms with van der Waals surface area (Å²) in [6.45, 7) is 7.71. The summed E-state index contributed by atoms with van der Waals surface area (Å²) in [4.78, 5) is 38.1. The molecule has 3 N–H and O–H groups in total. The van der Waals surface area contributed by atoms with Crippen molar-refractivity contribution in [1.29, 1.82) is 0 Å². The minimum Gasteiger partial charge on any atom is -0.313 e. The number of hydrogen-bond acceptors (Lipinski definition) is 4. The molecule has 7 heteroatoms. The van der Waals surface area contributed by atoms with Gasteiger partial charge in [-0.1, -0.05) is 39.3 Å². The Hall–Kier alpha value is -2.67. The molecule has 0 saturated heterocycles. The first-order valence-electron chi connectivity index (χ1n) is 10.3. The fourth-order valence-corrected chi connectivity index (χ4v) is 4.86. The molecule has 0 fully saturated rings. The lowest BCUT2D eigenvalue weighted by atomic mass is 9.87. The van der Waals surface area contributed by atoms with Crippen LogP contribution in [0.4, 0.5) is 5.00 Å². The molecule has 2 aromatic rings. The zero-order valence-electron chi connectivity index (χ0n) is 18.0. The molecular weight excluding hydrogens is 398 g/mol. The molecule has 0 radical (unpaired) electrons. The number of hydrazine groups is 1. The van der Waals surface area contributed by atoms with Crippen molar-refractivity contribution in [1.82, 2.24) is 10.9 Å². The molecule has 160 valence electrons. The number of thiophene rings is 1. The first-order valence-corrected chi connectivity index (χ1v) is 11.1. The van der Waals surface area contributed by atoms with Crippen LogP contribution in [0.15, 0.2) is 24.3 Å². The number of carbonyl (C=O) groups is 3. The van der Waals surface area contributed by atoms with Crippen molar-refractivity contribution in [3.63, 3.8) is 0 Å². The smallest absolute Gasteiger partial charge is 0.272 e. The Morgan fingerprint density at radius 3 is 2.20 bits per heavy atom. The van der Waals surface area contributed by atoms with E-state index < -0.39 is 5.91 Å². The number of nitrogens with one attached hydrogen (secondary N) is 3. The van der Waals surface area contributed by atoms with Gasteiger partial charge in [-0.25, -0.2) is 0 Å². The number of fused-ring (bicyclic) bond motifs is 1. The predicted molar refractivity (Wildman–Crippen MR) is 120 cm³/mol. The average molecular weight is 428 g/mol. The van der Waals surface area contributed by atoms with E-state index in [0.29, 0.717) is 16.1 Å². The Bertz CT molecular complexity index is 955. The molecule has 1 aromatic carbocycles. The van der Waals surface area contributed by atoms with E-state index >= 15 is 0 Å². The first-order chi connectivity index (χ1) is 14.2. The molecular formula is C23H29N3O3S. The minimum absolute atomic E-state index is 0.00922. The summed E-state index contributed by atoms with van der Waals surface area (Å²) in [5.41, 5.74) is 7.94. The van der Waals surface area contributed by atoms with Gasteiger partial charge in [0.05, 0.1) is 5.56 Å². The number of hydrogen-bond donors (Lipinski definition) is 3. The molecule has 0 bridgehead atoms. The molecule has 1 aromatic heterocycles. The number of rotatable bonds is 3. The van der Waals surface area contributed by atoms with E-state index in [4.69, 9.17) is 0 Å². The van der Waals surface area contributed by atoms with E-state index in [9.17, 15) is 14.4 Å². The first kappa shape index (κ1) is 22.0. The van der Waals surface area contributed by atoms with Crippen LogP contribution in [-0.2, 0) is 23.1 Å². The average Bonchev–Trinajstić information content (AvgIpc) is 2.86. The lowest BCUT2D eigenvalue weighted by Gasteiger charge is -2.19. The summed E-state index contributed by atoms with van der Waals surface area (Å²) in [6, 6.07) is 7.54. The summed E-state index contributed by atoms with van der Waals surface area (Å²) in [7, 11) is 0. The summed E-state index contributed by atoms with van der Waals surface area (Å²) < 4.78 is 0. The zero-order chi connectivity index (χ0) is 21.9. The van der Waals surface area contributed by atoms with Gasteiger partial charge in [0.15, 0.2) is 0 Å². The van der Waals surface area contributed by atoms with E-state index in [1.54, 1.807) is 0 Å². The van der Waals surface area contributed by atoms with E-state index in [1.807, 2.05) is 24.3 Å². The maximum Gasteiger partial charge on any atom is 0.272 e. The van der Waals surface area contributed by atoms with Gasteiger partial charge in [-0.05, 0) is 54.4 Å². The second kappa shape index (κ2) is 9.00. The van der Waals surface area contributed by atoms with Gasteiger partial charge in [0.1, 0.15) is 5.00 Å². The zero-order valence-corrected chi connectivity index (χ0v) is 18.8. The topological polar surface area (TPSA) is 87.3 Å². The van der Waals surface area contributed by atoms with E-state index in [0.717, 1.165) is 48.1 Å². The van der Waals surface area contributed by atoms with Gasteiger partial charge in [0.2, 0.25) is 5.91 Å². The molecule has 30 heavy (non-hydrogen) atoms. The number of benzene rings is 1. The van der Waals surface area contributed by atoms with Crippen LogP contribution < -0.4 is 16.2 Å². The molecule has 0 unspecified atom stereocenters. The Labute approximate surface area is 181 Å². The predicted octanol–water partition coefficient (Wildman–Crippen LogP) is 4.35. The van der Waals surface area contributed by atoms with Crippen LogP contribution in [0, 0.1) is 0 Å². The van der Waals surface area contributed by atoms with Crippen molar-refractivity contribution >= 4 is 34.1 Å². The van der Waals surface area contributed by atoms with Crippen LogP contribution in [0.25, 0.3) is 0 Å². The summed E-state index contributed by atoms with van der Waals surface area (Å²) in [5, 5.41) is 3.47. The Kier molecular flexibility index (Phi) is 6.61. The van der Waals surface area contributed by atoms with Gasteiger partial charge in [-0.3, -0.25) is 25.2 Å². The normalized spacial score (nSPS) is 13.7. The number of carbonyl (C=O) groups excluding carboxylic acids is 3. The van der Waals surface area contributed by atoms with Crippen molar-refractivity contribution in [2.75, 3.05) is 5.32 Å². The monoisotopic (exact) mass is 427 g/mol. The largest absolute Gasteiger partial charge is 0.313 e. The highest BCUT2D eigenvalue weighted by Crippen LogP contribution is 2.37. The molecule has 6 nitrogen and oxygen atoms in total. The molecule has 0 atom stereocenters. The van der Waals surface area contributed by atoms with E-state index in [-0.39, 0.29) is 17.2 Å². The minimum atomic E-state index is -0.400. The fourth-order valence-electron chi connectivity index (χ4n) is 3.58. The van der Waals surface area contributed by atoms with Crippen molar-refractivity contribution in [2.45, 2.75) is 65.2 Å². The van der Waals surface area contributed by atoms with Crippen molar-refractivity contribution in [3.05, 3.63) is 51.4 Å². The maximum atomic E-state index is 12.9. The van der Waals surface area contributed by atoms with Crippen LogP contribution in [0.5, 0.6) is 0 Å². The third kappa shape index (κ3) is 5.08. The number of amides is 3. The quantitative estimate of drug-likeness (QED) is 0.503. The van der Waals surface area contributed by atoms with E-state index in [1.165, 1.54) is 18.3 Å². The highest BCUT2D eigenvalue weighted by molar-refractivity contribution is 7.17. The van der Waals surface area contributed by atoms with Crippen molar-refractivity contribution in [2.24, 2.45) is 0 Å². The Morgan fingerprint density at radius 1 is 0.900 bits per heavy atom. The maximum absolute atomic E-state index is 12.9. The highest BCUT2D eigenvalue weighted by atomic mass is 32.1. The van der Waals surface area contributed by atoms with Crippen LogP contribution in [0.3, 0.4) is 0 Å². The molecule has 1 aliphatic carbocycles. The van der Waals surface area contributed by atoms with Gasteiger partial charge in [0.25, 0.3) is 11.8 Å². The number of aryl methyl sites for hydroxylation is 1. The van der Waals surface area contributed by atoms with Crippen LogP contribution in [0.1, 0.15) is 83.7 Å². The van der Waals surface area contributed by atoms with Gasteiger partial charge in [-0.15, -0.1) is 11.3 Å². The van der Waals surface area contributed by atoms with Crippen LogP contribution >= 0.6 is 11.3 Å². The Balaban J connectivity index is 1.88. The van der Waals surface area contributed by atoms with Crippen molar-refractivity contribution < 1.29 is 14.4 Å². The molecule has 3 rings (SSSR count). The number of anilines is 1. The molecule has 0 saturated carbocycles. The van der Waals surface area contributed by atoms with Crippen molar-refractivity contribution in [3.8, 4) is 0 Å². The van der Waals surface area contributed by atoms with Gasteiger partial charge in [-0.2, -0.15) is 0 Å². The Morgan fingerprint density at radius 2 is 1.57 bits per heavy atom.